The fourth-order valence-corrected chi connectivity index (χ4v) is 3.60. The predicted octanol–water partition coefficient (Wildman–Crippen LogP) is 1.20. The summed E-state index contributed by atoms with van der Waals surface area (Å²) in [6.07, 6.45) is 4.04. The molecule has 1 unspecified atom stereocenters. The zero-order valence-electron chi connectivity index (χ0n) is 14.0. The maximum absolute atomic E-state index is 12.4. The summed E-state index contributed by atoms with van der Waals surface area (Å²) in [7, 11) is 1.48. The highest BCUT2D eigenvalue weighted by atomic mass is 16.5. The van der Waals surface area contributed by atoms with Gasteiger partial charge in [-0.1, -0.05) is 6.92 Å². The lowest BCUT2D eigenvalue weighted by Gasteiger charge is -2.36. The number of amides is 2. The van der Waals surface area contributed by atoms with Gasteiger partial charge in [-0.05, 0) is 38.5 Å². The smallest absolute Gasteiger partial charge is 0.317 e. The molecule has 3 N–H and O–H groups in total. The van der Waals surface area contributed by atoms with Crippen LogP contribution in [0, 0.1) is 5.41 Å². The zero-order valence-corrected chi connectivity index (χ0v) is 14.0. The van der Waals surface area contributed by atoms with Crippen molar-refractivity contribution in [2.24, 2.45) is 5.41 Å². The van der Waals surface area contributed by atoms with Gasteiger partial charge in [0.25, 0.3) is 0 Å². The van der Waals surface area contributed by atoms with Gasteiger partial charge < -0.3 is 25.2 Å². The second-order valence-electron chi connectivity index (χ2n) is 6.99. The highest BCUT2D eigenvalue weighted by Gasteiger charge is 2.46. The molecule has 2 rings (SSSR count). The van der Waals surface area contributed by atoms with E-state index in [1.54, 1.807) is 4.90 Å². The summed E-state index contributed by atoms with van der Waals surface area (Å²) in [5.41, 5.74) is -1.59. The number of urea groups is 1. The van der Waals surface area contributed by atoms with Gasteiger partial charge in [-0.2, -0.15) is 0 Å². The third-order valence-electron chi connectivity index (χ3n) is 5.42. The number of rotatable bonds is 5. The van der Waals surface area contributed by atoms with Gasteiger partial charge in [-0.15, -0.1) is 0 Å². The van der Waals surface area contributed by atoms with Crippen molar-refractivity contribution in [2.75, 3.05) is 26.8 Å². The Balaban J connectivity index is 1.87. The molecule has 1 heterocycles. The number of ether oxygens (including phenoxy) is 1. The standard InChI is InChI=1S/C16H28N2O5/c1-3-16(22)6-4-12(5-7-16)17-14(21)18-9-8-15(10-18,11-23-2)13(19)20/h12,22H,3-11H2,1-2H3,(H,17,21)(H,19,20). The molecule has 0 aromatic rings. The van der Waals surface area contributed by atoms with Crippen molar-refractivity contribution in [3.05, 3.63) is 0 Å². The topological polar surface area (TPSA) is 99.1 Å². The van der Waals surface area contributed by atoms with E-state index in [-0.39, 0.29) is 25.2 Å². The van der Waals surface area contributed by atoms with E-state index in [0.717, 1.165) is 19.3 Å². The molecule has 1 aliphatic carbocycles. The molecule has 1 saturated heterocycles. The second kappa shape index (κ2) is 7.05. The molecule has 0 radical (unpaired) electrons. The molecule has 1 aliphatic heterocycles. The van der Waals surface area contributed by atoms with Gasteiger partial charge in [-0.25, -0.2) is 4.79 Å². The van der Waals surface area contributed by atoms with E-state index < -0.39 is 17.0 Å². The molecule has 1 saturated carbocycles. The van der Waals surface area contributed by atoms with Crippen LogP contribution in [0.1, 0.15) is 45.4 Å². The van der Waals surface area contributed by atoms with Gasteiger partial charge in [0.2, 0.25) is 0 Å². The minimum Gasteiger partial charge on any atom is -0.481 e. The van der Waals surface area contributed by atoms with Gasteiger partial charge in [0, 0.05) is 26.2 Å². The van der Waals surface area contributed by atoms with E-state index in [9.17, 15) is 19.8 Å². The highest BCUT2D eigenvalue weighted by molar-refractivity contribution is 5.80. The van der Waals surface area contributed by atoms with Gasteiger partial charge >= 0.3 is 12.0 Å². The van der Waals surface area contributed by atoms with Crippen LogP contribution < -0.4 is 5.32 Å². The van der Waals surface area contributed by atoms with Gasteiger partial charge in [0.1, 0.15) is 5.41 Å². The van der Waals surface area contributed by atoms with Crippen LogP contribution in [0.15, 0.2) is 0 Å². The third-order valence-corrected chi connectivity index (χ3v) is 5.42. The molecule has 1 atom stereocenters. The number of carbonyl (C=O) groups excluding carboxylic acids is 1. The van der Waals surface area contributed by atoms with Crippen molar-refractivity contribution in [1.29, 1.82) is 0 Å². The number of carbonyl (C=O) groups is 2. The molecule has 0 aromatic heterocycles. The monoisotopic (exact) mass is 328 g/mol. The van der Waals surface area contributed by atoms with Crippen molar-refractivity contribution < 1.29 is 24.5 Å². The number of carboxylic acid groups (broad SMARTS) is 1. The summed E-state index contributed by atoms with van der Waals surface area (Å²) in [6, 6.07) is -0.159. The van der Waals surface area contributed by atoms with E-state index in [4.69, 9.17) is 4.74 Å². The first-order valence-corrected chi connectivity index (χ1v) is 8.34. The van der Waals surface area contributed by atoms with Gasteiger partial charge in [0.15, 0.2) is 0 Å². The Morgan fingerprint density at radius 3 is 2.48 bits per heavy atom. The SMILES string of the molecule is CCC1(O)CCC(NC(=O)N2CCC(COC)(C(=O)O)C2)CC1. The minimum absolute atomic E-state index is 0.0524. The molecular formula is C16H28N2O5. The fraction of sp³-hybridized carbons (Fsp3) is 0.875. The molecule has 7 nitrogen and oxygen atoms in total. The zero-order chi connectivity index (χ0) is 17.1. The Morgan fingerprint density at radius 1 is 1.30 bits per heavy atom. The van der Waals surface area contributed by atoms with E-state index in [1.807, 2.05) is 6.92 Å². The maximum Gasteiger partial charge on any atom is 0.317 e. The first-order valence-electron chi connectivity index (χ1n) is 8.34. The largest absolute Gasteiger partial charge is 0.481 e. The molecule has 2 aliphatic rings. The van der Waals surface area contributed by atoms with Crippen molar-refractivity contribution in [1.82, 2.24) is 10.2 Å². The van der Waals surface area contributed by atoms with Gasteiger partial charge in [0.05, 0.1) is 12.2 Å². The number of hydrogen-bond acceptors (Lipinski definition) is 4. The van der Waals surface area contributed by atoms with Crippen LogP contribution in [-0.4, -0.2) is 65.6 Å². The number of likely N-dealkylation sites (tertiary alicyclic amines) is 1. The molecule has 132 valence electrons. The molecular weight excluding hydrogens is 300 g/mol. The van der Waals surface area contributed by atoms with E-state index in [2.05, 4.69) is 5.32 Å². The average molecular weight is 328 g/mol. The molecule has 2 amide bonds. The molecule has 0 aromatic carbocycles. The predicted molar refractivity (Wildman–Crippen MR) is 84.2 cm³/mol. The quantitative estimate of drug-likeness (QED) is 0.704. The second-order valence-corrected chi connectivity index (χ2v) is 6.99. The Hall–Kier alpha value is -1.34. The molecule has 2 fully saturated rings. The van der Waals surface area contributed by atoms with Crippen molar-refractivity contribution in [3.8, 4) is 0 Å². The van der Waals surface area contributed by atoms with E-state index in [0.29, 0.717) is 25.8 Å². The molecule has 0 spiro atoms. The van der Waals surface area contributed by atoms with Crippen LogP contribution in [0.2, 0.25) is 0 Å². The van der Waals surface area contributed by atoms with Crippen molar-refractivity contribution >= 4 is 12.0 Å². The highest BCUT2D eigenvalue weighted by Crippen LogP contribution is 2.33. The summed E-state index contributed by atoms with van der Waals surface area (Å²) in [5.74, 6) is -0.916. The molecule has 7 heteroatoms. The fourth-order valence-electron chi connectivity index (χ4n) is 3.60. The minimum atomic E-state index is -0.999. The summed E-state index contributed by atoms with van der Waals surface area (Å²) < 4.78 is 5.04. The lowest BCUT2D eigenvalue weighted by molar-refractivity contribution is -0.151. The Morgan fingerprint density at radius 2 is 1.96 bits per heavy atom. The molecule has 23 heavy (non-hydrogen) atoms. The summed E-state index contributed by atoms with van der Waals surface area (Å²) >= 11 is 0. The van der Waals surface area contributed by atoms with Crippen molar-refractivity contribution in [3.63, 3.8) is 0 Å². The Kier molecular flexibility index (Phi) is 5.52. The van der Waals surface area contributed by atoms with Crippen LogP contribution >= 0.6 is 0 Å². The normalized spacial score (nSPS) is 34.4. The summed E-state index contributed by atoms with van der Waals surface area (Å²) in [6.45, 7) is 2.68. The molecule has 0 bridgehead atoms. The van der Waals surface area contributed by atoms with Crippen LogP contribution in [0.25, 0.3) is 0 Å². The average Bonchev–Trinajstić information content (AvgIpc) is 2.96. The number of hydrogen-bond donors (Lipinski definition) is 3. The third kappa shape index (κ3) is 3.95. The van der Waals surface area contributed by atoms with Crippen LogP contribution in [0.3, 0.4) is 0 Å². The number of methoxy groups -OCH3 is 1. The number of nitrogens with one attached hydrogen (secondary N) is 1. The van der Waals surface area contributed by atoms with Crippen LogP contribution in [0.4, 0.5) is 4.79 Å². The Labute approximate surface area is 137 Å². The first kappa shape index (κ1) is 18.0. The van der Waals surface area contributed by atoms with Gasteiger partial charge in [-0.3, -0.25) is 4.79 Å². The van der Waals surface area contributed by atoms with Crippen LogP contribution in [0.5, 0.6) is 0 Å². The number of aliphatic carboxylic acids is 1. The lowest BCUT2D eigenvalue weighted by atomic mass is 9.80. The van der Waals surface area contributed by atoms with E-state index >= 15 is 0 Å². The van der Waals surface area contributed by atoms with Crippen molar-refractivity contribution in [2.45, 2.75) is 57.1 Å². The summed E-state index contributed by atoms with van der Waals surface area (Å²) in [4.78, 5) is 25.5. The van der Waals surface area contributed by atoms with Crippen LogP contribution in [-0.2, 0) is 9.53 Å². The first-order chi connectivity index (χ1) is 10.8. The maximum atomic E-state index is 12.4. The lowest BCUT2D eigenvalue weighted by Crippen LogP contribution is -2.49. The summed E-state index contributed by atoms with van der Waals surface area (Å²) in [5, 5.41) is 22.6. The van der Waals surface area contributed by atoms with E-state index in [1.165, 1.54) is 7.11 Å². The number of aliphatic hydroxyl groups is 1. The Bertz CT molecular complexity index is 448. The number of nitrogens with zero attached hydrogens (tertiary/aromatic N) is 1. The number of carboxylic acids is 1.